The number of piperazine rings is 1. The molecular weight excluding hydrogens is 472 g/mol. The summed E-state index contributed by atoms with van der Waals surface area (Å²) in [5.41, 5.74) is 3.97. The van der Waals surface area contributed by atoms with E-state index in [0.717, 1.165) is 57.3 Å². The van der Waals surface area contributed by atoms with E-state index in [1.807, 2.05) is 61.5 Å². The molecule has 8 heteroatoms. The summed E-state index contributed by atoms with van der Waals surface area (Å²) in [7, 11) is 0. The van der Waals surface area contributed by atoms with E-state index < -0.39 is 6.10 Å². The fourth-order valence-corrected chi connectivity index (χ4v) is 5.35. The zero-order chi connectivity index (χ0) is 24.9. The number of hydrogen-bond acceptors (Lipinski definition) is 7. The maximum atomic E-state index is 12.0. The summed E-state index contributed by atoms with van der Waals surface area (Å²) in [5, 5.41) is 15.3. The number of ether oxygens (including phenoxy) is 1. The van der Waals surface area contributed by atoms with Crippen LogP contribution in [0.3, 0.4) is 0 Å². The highest BCUT2D eigenvalue weighted by atomic mass is 32.1. The molecule has 1 aliphatic rings. The number of benzene rings is 3. The standard InChI is InChI=1S/C28H30N4O3S/c1-21-29-27-17-26(10-11-28(27)36-21)35-19-25(34)18-30-12-14-31(15-13-30)32(20-33)24-9-5-8-23(16-24)22-6-3-2-4-7-22/h2-11,16-17,20,25,34H,12-15,18-19H2,1H3/t25-/m1/s1. The highest BCUT2D eigenvalue weighted by molar-refractivity contribution is 7.18. The molecule has 1 fully saturated rings. The van der Waals surface area contributed by atoms with Crippen LogP contribution in [0.5, 0.6) is 5.75 Å². The van der Waals surface area contributed by atoms with Crippen molar-refractivity contribution >= 4 is 33.7 Å². The Bertz CT molecular complexity index is 1300. The van der Waals surface area contributed by atoms with E-state index in [1.165, 1.54) is 0 Å². The van der Waals surface area contributed by atoms with Crippen molar-refractivity contribution in [3.8, 4) is 16.9 Å². The first-order chi connectivity index (χ1) is 17.6. The van der Waals surface area contributed by atoms with Gasteiger partial charge in [-0.3, -0.25) is 9.69 Å². The molecule has 1 amide bonds. The number of nitrogens with zero attached hydrogens (tertiary/aromatic N) is 4. The Hall–Kier alpha value is -3.30. The van der Waals surface area contributed by atoms with Gasteiger partial charge in [-0.2, -0.15) is 0 Å². The van der Waals surface area contributed by atoms with Crippen molar-refractivity contribution in [2.75, 3.05) is 44.3 Å². The Morgan fingerprint density at radius 3 is 2.58 bits per heavy atom. The molecule has 1 atom stereocenters. The average Bonchev–Trinajstić information content (AvgIpc) is 3.29. The number of hydrazine groups is 1. The first kappa shape index (κ1) is 24.4. The third kappa shape index (κ3) is 5.74. The van der Waals surface area contributed by atoms with Crippen molar-refractivity contribution in [2.24, 2.45) is 0 Å². The molecule has 36 heavy (non-hydrogen) atoms. The second-order valence-corrected chi connectivity index (χ2v) is 10.2. The number of anilines is 1. The summed E-state index contributed by atoms with van der Waals surface area (Å²) < 4.78 is 6.97. The van der Waals surface area contributed by atoms with Crippen LogP contribution in [0, 0.1) is 6.92 Å². The van der Waals surface area contributed by atoms with E-state index in [4.69, 9.17) is 4.74 Å². The van der Waals surface area contributed by atoms with E-state index in [0.29, 0.717) is 19.6 Å². The molecule has 3 aromatic carbocycles. The van der Waals surface area contributed by atoms with Gasteiger partial charge in [-0.15, -0.1) is 11.3 Å². The predicted octanol–water partition coefficient (Wildman–Crippen LogP) is 4.21. The number of aliphatic hydroxyl groups excluding tert-OH is 1. The van der Waals surface area contributed by atoms with Crippen LogP contribution < -0.4 is 9.75 Å². The van der Waals surface area contributed by atoms with Gasteiger partial charge in [0, 0.05) is 38.8 Å². The maximum absolute atomic E-state index is 12.0. The van der Waals surface area contributed by atoms with Crippen molar-refractivity contribution < 1.29 is 14.6 Å². The smallest absolute Gasteiger partial charge is 0.228 e. The van der Waals surface area contributed by atoms with E-state index in [2.05, 4.69) is 33.1 Å². The second-order valence-electron chi connectivity index (χ2n) is 8.95. The van der Waals surface area contributed by atoms with Crippen LogP contribution in [0.4, 0.5) is 5.69 Å². The van der Waals surface area contributed by atoms with E-state index >= 15 is 0 Å². The number of carbonyl (C=O) groups excluding carboxylic acids is 1. The van der Waals surface area contributed by atoms with Crippen LogP contribution >= 0.6 is 11.3 Å². The lowest BCUT2D eigenvalue weighted by Gasteiger charge is -2.39. The van der Waals surface area contributed by atoms with Crippen molar-refractivity contribution in [2.45, 2.75) is 13.0 Å². The van der Waals surface area contributed by atoms with Gasteiger partial charge in [0.2, 0.25) is 6.41 Å². The molecule has 5 rings (SSSR count). The van der Waals surface area contributed by atoms with Crippen molar-refractivity contribution in [1.82, 2.24) is 14.9 Å². The monoisotopic (exact) mass is 502 g/mol. The predicted molar refractivity (Wildman–Crippen MR) is 144 cm³/mol. The number of carbonyl (C=O) groups is 1. The Kier molecular flexibility index (Phi) is 7.58. The van der Waals surface area contributed by atoms with Crippen LogP contribution in [-0.2, 0) is 4.79 Å². The number of hydrogen-bond donors (Lipinski definition) is 1. The fraction of sp³-hybridized carbons (Fsp3) is 0.286. The molecule has 1 saturated heterocycles. The normalized spacial score (nSPS) is 15.6. The molecule has 2 heterocycles. The number of aryl methyl sites for hydroxylation is 1. The minimum atomic E-state index is -0.603. The first-order valence-corrected chi connectivity index (χ1v) is 13.0. The van der Waals surface area contributed by atoms with Crippen LogP contribution in [0.1, 0.15) is 5.01 Å². The zero-order valence-corrected chi connectivity index (χ0v) is 21.1. The molecule has 1 aromatic heterocycles. The molecule has 1 aliphatic heterocycles. The lowest BCUT2D eigenvalue weighted by molar-refractivity contribution is -0.110. The Morgan fingerprint density at radius 1 is 1.03 bits per heavy atom. The van der Waals surface area contributed by atoms with Gasteiger partial charge in [0.15, 0.2) is 0 Å². The lowest BCUT2D eigenvalue weighted by Crippen LogP contribution is -2.55. The number of thiazole rings is 1. The molecule has 186 valence electrons. The summed E-state index contributed by atoms with van der Waals surface area (Å²) in [5.74, 6) is 0.719. The lowest BCUT2D eigenvalue weighted by atomic mass is 10.1. The van der Waals surface area contributed by atoms with Gasteiger partial charge in [-0.25, -0.2) is 15.0 Å². The number of rotatable bonds is 9. The largest absolute Gasteiger partial charge is 0.491 e. The highest BCUT2D eigenvalue weighted by Gasteiger charge is 2.24. The molecule has 1 N–H and O–H groups in total. The van der Waals surface area contributed by atoms with Crippen LogP contribution in [0.2, 0.25) is 0 Å². The maximum Gasteiger partial charge on any atom is 0.228 e. The van der Waals surface area contributed by atoms with Gasteiger partial charge in [-0.05, 0) is 42.3 Å². The minimum Gasteiger partial charge on any atom is -0.491 e. The van der Waals surface area contributed by atoms with Crippen molar-refractivity contribution in [3.05, 3.63) is 77.8 Å². The molecule has 0 unspecified atom stereocenters. The summed E-state index contributed by atoms with van der Waals surface area (Å²) in [6, 6.07) is 24.0. The molecule has 0 radical (unpaired) electrons. The van der Waals surface area contributed by atoms with Gasteiger partial charge in [-0.1, -0.05) is 42.5 Å². The number of amides is 1. The minimum absolute atomic E-state index is 0.224. The third-order valence-corrected chi connectivity index (χ3v) is 7.30. The number of aliphatic hydroxyl groups is 1. The third-order valence-electron chi connectivity index (χ3n) is 6.35. The van der Waals surface area contributed by atoms with Crippen molar-refractivity contribution in [3.63, 3.8) is 0 Å². The molecule has 4 aromatic rings. The highest BCUT2D eigenvalue weighted by Crippen LogP contribution is 2.27. The summed E-state index contributed by atoms with van der Waals surface area (Å²) >= 11 is 1.66. The molecule has 0 bridgehead atoms. The van der Waals surface area contributed by atoms with Gasteiger partial charge in [0.05, 0.1) is 20.9 Å². The van der Waals surface area contributed by atoms with Crippen molar-refractivity contribution in [1.29, 1.82) is 0 Å². The fourth-order valence-electron chi connectivity index (χ4n) is 4.54. The molecule has 7 nitrogen and oxygen atoms in total. The van der Waals surface area contributed by atoms with Gasteiger partial charge >= 0.3 is 0 Å². The second kappa shape index (κ2) is 11.2. The SMILES string of the molecule is Cc1nc2cc(OC[C@H](O)CN3CCN(N(C=O)c4cccc(-c5ccccc5)c4)CC3)ccc2s1. The Morgan fingerprint density at radius 2 is 1.81 bits per heavy atom. The topological polar surface area (TPSA) is 69.1 Å². The van der Waals surface area contributed by atoms with Crippen LogP contribution in [0.25, 0.3) is 21.3 Å². The molecule has 0 spiro atoms. The van der Waals surface area contributed by atoms with E-state index in [-0.39, 0.29) is 6.61 Å². The van der Waals surface area contributed by atoms with Gasteiger partial charge in [0.1, 0.15) is 18.5 Å². The number of fused-ring (bicyclic) bond motifs is 1. The first-order valence-electron chi connectivity index (χ1n) is 12.1. The summed E-state index contributed by atoms with van der Waals surface area (Å²) in [6.07, 6.45) is 0.275. The quantitative estimate of drug-likeness (QED) is 0.346. The summed E-state index contributed by atoms with van der Waals surface area (Å²) in [6.45, 7) is 5.64. The van der Waals surface area contributed by atoms with Gasteiger partial charge < -0.3 is 9.84 Å². The summed E-state index contributed by atoms with van der Waals surface area (Å²) in [4.78, 5) is 18.7. The average molecular weight is 503 g/mol. The zero-order valence-electron chi connectivity index (χ0n) is 20.3. The Balaban J connectivity index is 1.13. The molecule has 0 aliphatic carbocycles. The van der Waals surface area contributed by atoms with Gasteiger partial charge in [0.25, 0.3) is 0 Å². The van der Waals surface area contributed by atoms with Crippen LogP contribution in [0.15, 0.2) is 72.8 Å². The van der Waals surface area contributed by atoms with E-state index in [9.17, 15) is 9.90 Å². The number of β-amino-alcohol motifs (C(OH)–C–C–N with tert-alkyl or cyclic N) is 1. The molecular formula is C28H30N4O3S. The molecule has 0 saturated carbocycles. The number of aromatic nitrogens is 1. The van der Waals surface area contributed by atoms with E-state index in [1.54, 1.807) is 16.3 Å². The Labute approximate surface area is 215 Å². The van der Waals surface area contributed by atoms with Crippen LogP contribution in [-0.4, -0.2) is 71.8 Å².